The summed E-state index contributed by atoms with van der Waals surface area (Å²) in [4.78, 5) is 36.6. The topological polar surface area (TPSA) is 90.1 Å². The Bertz CT molecular complexity index is 2020. The number of piperidine rings is 1. The summed E-state index contributed by atoms with van der Waals surface area (Å²) in [5, 5.41) is 4.14. The number of hydrogen-bond donors (Lipinski definition) is 2. The van der Waals surface area contributed by atoms with Crippen molar-refractivity contribution in [1.29, 1.82) is 0 Å². The molecule has 2 aliphatic rings. The average Bonchev–Trinajstić information content (AvgIpc) is 3.61. The monoisotopic (exact) mass is 717 g/mol. The Hall–Kier alpha value is -5.35. The van der Waals surface area contributed by atoms with Crippen LogP contribution in [0.4, 0.5) is 14.9 Å². The number of fused-ring (bicyclic) bond motifs is 1. The molecular formula is C43H48FN5O4. The number of benzene rings is 4. The Morgan fingerprint density at radius 1 is 0.830 bits per heavy atom. The number of H-pyrrole nitrogens is 1. The summed E-state index contributed by atoms with van der Waals surface area (Å²) in [6.07, 6.45) is 1.72. The second kappa shape index (κ2) is 15.3. The number of aromatic amines is 1. The van der Waals surface area contributed by atoms with Crippen molar-refractivity contribution in [3.05, 3.63) is 120 Å². The number of halogens is 1. The van der Waals surface area contributed by atoms with Crippen LogP contribution in [0.3, 0.4) is 0 Å². The number of carbonyl (C=O) groups is 2. The molecule has 0 radical (unpaired) electrons. The van der Waals surface area contributed by atoms with Crippen LogP contribution in [0.1, 0.15) is 61.3 Å². The van der Waals surface area contributed by atoms with Gasteiger partial charge in [0.25, 0.3) is 5.91 Å². The van der Waals surface area contributed by atoms with Gasteiger partial charge in [-0.05, 0) is 105 Å². The van der Waals surface area contributed by atoms with E-state index >= 15 is 0 Å². The number of rotatable bonds is 8. The molecule has 0 spiro atoms. The van der Waals surface area contributed by atoms with Gasteiger partial charge in [0.2, 0.25) is 0 Å². The van der Waals surface area contributed by atoms with Gasteiger partial charge < -0.3 is 29.6 Å². The van der Waals surface area contributed by atoms with E-state index in [1.165, 1.54) is 24.9 Å². The number of aromatic nitrogens is 1. The van der Waals surface area contributed by atoms with Gasteiger partial charge in [0.05, 0.1) is 13.2 Å². The Labute approximate surface area is 310 Å². The van der Waals surface area contributed by atoms with Crippen molar-refractivity contribution in [2.75, 3.05) is 51.3 Å². The molecule has 7 rings (SSSR count). The molecule has 2 fully saturated rings. The zero-order valence-corrected chi connectivity index (χ0v) is 30.9. The number of piperazine rings is 1. The number of methoxy groups -OCH3 is 1. The Morgan fingerprint density at radius 3 is 2.26 bits per heavy atom. The van der Waals surface area contributed by atoms with Gasteiger partial charge in [0.1, 0.15) is 17.2 Å². The quantitative estimate of drug-likeness (QED) is 0.169. The summed E-state index contributed by atoms with van der Waals surface area (Å²) in [5.74, 6) is -0.223. The molecule has 0 aliphatic carbocycles. The van der Waals surface area contributed by atoms with Crippen molar-refractivity contribution >= 4 is 28.6 Å². The first-order valence-electron chi connectivity index (χ1n) is 18.4. The fourth-order valence-corrected chi connectivity index (χ4v) is 7.51. The van der Waals surface area contributed by atoms with Crippen molar-refractivity contribution in [1.82, 2.24) is 20.1 Å². The number of nitrogens with zero attached hydrogens (tertiary/aromatic N) is 3. The van der Waals surface area contributed by atoms with Gasteiger partial charge in [-0.25, -0.2) is 9.18 Å². The number of nitrogens with one attached hydrogen (secondary N) is 2. The fraction of sp³-hybridized carbons (Fsp3) is 0.349. The average molecular weight is 718 g/mol. The normalized spacial score (nSPS) is 16.4. The van der Waals surface area contributed by atoms with Crippen molar-refractivity contribution in [2.24, 2.45) is 0 Å². The van der Waals surface area contributed by atoms with Crippen LogP contribution in [0, 0.1) is 5.82 Å². The number of hydrogen-bond acceptors (Lipinski definition) is 6. The van der Waals surface area contributed by atoms with Gasteiger partial charge in [0, 0.05) is 73.3 Å². The number of anilines is 1. The lowest BCUT2D eigenvalue weighted by Crippen LogP contribution is -2.54. The molecule has 2 aliphatic heterocycles. The summed E-state index contributed by atoms with van der Waals surface area (Å²) < 4.78 is 25.7. The molecule has 4 aromatic carbocycles. The number of amides is 2. The van der Waals surface area contributed by atoms with Crippen LogP contribution in [0.2, 0.25) is 0 Å². The van der Waals surface area contributed by atoms with Crippen molar-refractivity contribution in [3.8, 4) is 16.9 Å². The second-order valence-electron chi connectivity index (χ2n) is 15.0. The van der Waals surface area contributed by atoms with E-state index in [0.29, 0.717) is 22.9 Å². The van der Waals surface area contributed by atoms with Gasteiger partial charge in [-0.3, -0.25) is 9.69 Å². The Balaban J connectivity index is 0.997. The maximum atomic E-state index is 14.6. The SMILES string of the molecule is COc1ccc(F)cc1C(NC(=O)c1cccc(-c2ccc(N3CCN(C4CCN(C(=O)OC(C)(C)C)CC4)CC3)cc2)c1)c1cc2ccccc2[nH]1. The van der Waals surface area contributed by atoms with E-state index in [0.717, 1.165) is 79.8 Å². The molecule has 5 aromatic rings. The number of para-hydroxylation sites is 1. The van der Waals surface area contributed by atoms with Gasteiger partial charge in [-0.1, -0.05) is 42.5 Å². The molecule has 2 saturated heterocycles. The molecule has 3 heterocycles. The van der Waals surface area contributed by atoms with Gasteiger partial charge in [-0.2, -0.15) is 0 Å². The largest absolute Gasteiger partial charge is 0.496 e. The van der Waals surface area contributed by atoms with Gasteiger partial charge in [-0.15, -0.1) is 0 Å². The standard InChI is InChI=1S/C43H48FN5O4/c1-43(2,3)53-42(51)49-20-18-35(19-21-49)48-24-22-47(23-25-48)34-15-12-29(13-16-34)30-9-7-10-32(26-30)41(50)46-40(36-28-33(44)14-17-39(36)52-4)38-27-31-8-5-6-11-37(31)45-38/h5-17,26-28,35,40,45H,18-25H2,1-4H3,(H,46,50). The molecule has 9 nitrogen and oxygen atoms in total. The molecule has 0 saturated carbocycles. The number of ether oxygens (including phenoxy) is 2. The molecule has 53 heavy (non-hydrogen) atoms. The first-order valence-corrected chi connectivity index (χ1v) is 18.4. The molecule has 2 N–H and O–H groups in total. The lowest BCUT2D eigenvalue weighted by Gasteiger charge is -2.43. The van der Waals surface area contributed by atoms with Crippen LogP contribution in [0.25, 0.3) is 22.0 Å². The maximum Gasteiger partial charge on any atom is 0.410 e. The minimum Gasteiger partial charge on any atom is -0.496 e. The van der Waals surface area contributed by atoms with Crippen LogP contribution in [0.15, 0.2) is 97.1 Å². The third-order valence-electron chi connectivity index (χ3n) is 10.3. The van der Waals surface area contributed by atoms with E-state index in [-0.39, 0.29) is 12.0 Å². The molecule has 276 valence electrons. The first-order chi connectivity index (χ1) is 25.5. The smallest absolute Gasteiger partial charge is 0.410 e. The lowest BCUT2D eigenvalue weighted by molar-refractivity contribution is 0.0140. The molecule has 2 amide bonds. The highest BCUT2D eigenvalue weighted by atomic mass is 19.1. The van der Waals surface area contributed by atoms with Crippen LogP contribution < -0.4 is 15.0 Å². The molecule has 10 heteroatoms. The van der Waals surface area contributed by atoms with E-state index in [4.69, 9.17) is 9.47 Å². The van der Waals surface area contributed by atoms with Gasteiger partial charge in [0.15, 0.2) is 0 Å². The summed E-state index contributed by atoms with van der Waals surface area (Å²) in [6.45, 7) is 11.0. The van der Waals surface area contributed by atoms with E-state index in [1.807, 2.05) is 74.2 Å². The Kier molecular flexibility index (Phi) is 10.4. The second-order valence-corrected chi connectivity index (χ2v) is 15.0. The lowest BCUT2D eigenvalue weighted by atomic mass is 9.99. The number of carbonyl (C=O) groups excluding carboxylic acids is 2. The summed E-state index contributed by atoms with van der Waals surface area (Å²) in [7, 11) is 1.54. The van der Waals surface area contributed by atoms with Crippen LogP contribution in [0.5, 0.6) is 5.75 Å². The van der Waals surface area contributed by atoms with Crippen molar-refractivity contribution in [2.45, 2.75) is 51.3 Å². The highest BCUT2D eigenvalue weighted by Crippen LogP contribution is 2.33. The molecule has 1 aromatic heterocycles. The van der Waals surface area contributed by atoms with Crippen molar-refractivity contribution in [3.63, 3.8) is 0 Å². The summed E-state index contributed by atoms with van der Waals surface area (Å²) in [5.41, 5.74) is 5.29. The van der Waals surface area contributed by atoms with E-state index in [1.54, 1.807) is 12.1 Å². The predicted octanol–water partition coefficient (Wildman–Crippen LogP) is 8.02. The first kappa shape index (κ1) is 36.0. The predicted molar refractivity (Wildman–Crippen MR) is 207 cm³/mol. The van der Waals surface area contributed by atoms with E-state index in [9.17, 15) is 14.0 Å². The zero-order valence-electron chi connectivity index (χ0n) is 30.9. The minimum atomic E-state index is -0.686. The molecule has 0 bridgehead atoms. The maximum absolute atomic E-state index is 14.6. The fourth-order valence-electron chi connectivity index (χ4n) is 7.51. The van der Waals surface area contributed by atoms with E-state index < -0.39 is 17.5 Å². The highest BCUT2D eigenvalue weighted by Gasteiger charge is 2.31. The minimum absolute atomic E-state index is 0.212. The molecule has 1 atom stereocenters. The van der Waals surface area contributed by atoms with E-state index in [2.05, 4.69) is 44.4 Å². The van der Waals surface area contributed by atoms with Crippen LogP contribution in [-0.2, 0) is 4.74 Å². The highest BCUT2D eigenvalue weighted by molar-refractivity contribution is 5.96. The van der Waals surface area contributed by atoms with Crippen LogP contribution in [-0.4, -0.2) is 84.8 Å². The van der Waals surface area contributed by atoms with Crippen LogP contribution >= 0.6 is 0 Å². The van der Waals surface area contributed by atoms with Gasteiger partial charge >= 0.3 is 6.09 Å². The zero-order chi connectivity index (χ0) is 37.1. The molecular weight excluding hydrogens is 670 g/mol. The van der Waals surface area contributed by atoms with Crippen molar-refractivity contribution < 1.29 is 23.5 Å². The molecule has 1 unspecified atom stereocenters. The third kappa shape index (κ3) is 8.33. The summed E-state index contributed by atoms with van der Waals surface area (Å²) in [6, 6.07) is 30.1. The summed E-state index contributed by atoms with van der Waals surface area (Å²) >= 11 is 0. The third-order valence-corrected chi connectivity index (χ3v) is 10.3. The number of likely N-dealkylation sites (tertiary alicyclic amines) is 1. The Morgan fingerprint density at radius 2 is 1.57 bits per heavy atom.